The molecule has 0 fully saturated rings. The van der Waals surface area contributed by atoms with E-state index >= 15 is 0 Å². The van der Waals surface area contributed by atoms with Gasteiger partial charge in [0.15, 0.2) is 0 Å². The van der Waals surface area contributed by atoms with Gasteiger partial charge in [0.2, 0.25) is 0 Å². The normalized spacial score (nSPS) is 14.9. The minimum atomic E-state index is 0. The predicted octanol–water partition coefficient (Wildman–Crippen LogP) is 5.24. The SMILES string of the molecule is CC.CCNCCCC/C=C/C1=C(OC)CCC(C)=C1.[HH]. The molecule has 0 aromatic heterocycles. The third-order valence-corrected chi connectivity index (χ3v) is 3.24. The first kappa shape index (κ1) is 19.0. The molecule has 0 heterocycles. The van der Waals surface area contributed by atoms with Crippen LogP contribution in [0.15, 0.2) is 35.1 Å². The van der Waals surface area contributed by atoms with E-state index in [1.165, 1.54) is 24.0 Å². The third kappa shape index (κ3) is 8.21. The zero-order chi connectivity index (χ0) is 15.2. The number of rotatable bonds is 8. The van der Waals surface area contributed by atoms with Crippen LogP contribution in [0.5, 0.6) is 0 Å². The van der Waals surface area contributed by atoms with E-state index in [1.54, 1.807) is 7.11 Å². The minimum absolute atomic E-state index is 0. The highest BCUT2D eigenvalue weighted by atomic mass is 16.5. The Morgan fingerprint density at radius 2 is 2.05 bits per heavy atom. The van der Waals surface area contributed by atoms with Crippen molar-refractivity contribution in [3.63, 3.8) is 0 Å². The molecule has 0 aromatic carbocycles. The van der Waals surface area contributed by atoms with Crippen molar-refractivity contribution < 1.29 is 6.16 Å². The molecule has 0 aliphatic heterocycles. The third-order valence-electron chi connectivity index (χ3n) is 3.24. The van der Waals surface area contributed by atoms with Gasteiger partial charge in [0.25, 0.3) is 0 Å². The van der Waals surface area contributed by atoms with E-state index in [-0.39, 0.29) is 1.43 Å². The fourth-order valence-corrected chi connectivity index (χ4v) is 2.13. The lowest BCUT2D eigenvalue weighted by Crippen LogP contribution is -2.13. The summed E-state index contributed by atoms with van der Waals surface area (Å²) in [6.07, 6.45) is 12.6. The monoisotopic (exact) mass is 281 g/mol. The van der Waals surface area contributed by atoms with E-state index in [4.69, 9.17) is 4.74 Å². The lowest BCUT2D eigenvalue weighted by atomic mass is 9.98. The molecular weight excluding hydrogens is 246 g/mol. The summed E-state index contributed by atoms with van der Waals surface area (Å²) in [6, 6.07) is 0. The Bertz CT molecular complexity index is 332. The first-order valence-corrected chi connectivity index (χ1v) is 8.09. The van der Waals surface area contributed by atoms with Crippen molar-refractivity contribution in [2.24, 2.45) is 0 Å². The quantitative estimate of drug-likeness (QED) is 0.615. The van der Waals surface area contributed by atoms with Gasteiger partial charge in [0.1, 0.15) is 5.76 Å². The van der Waals surface area contributed by atoms with Gasteiger partial charge in [-0.1, -0.05) is 44.6 Å². The highest BCUT2D eigenvalue weighted by molar-refractivity contribution is 5.38. The number of nitrogens with one attached hydrogen (secondary N) is 1. The van der Waals surface area contributed by atoms with Crippen LogP contribution in [-0.4, -0.2) is 20.2 Å². The summed E-state index contributed by atoms with van der Waals surface area (Å²) >= 11 is 0. The van der Waals surface area contributed by atoms with Gasteiger partial charge in [0, 0.05) is 13.4 Å². The highest BCUT2D eigenvalue weighted by Gasteiger charge is 2.09. The molecule has 118 valence electrons. The second kappa shape index (κ2) is 13.0. The maximum absolute atomic E-state index is 5.44. The average Bonchev–Trinajstić information content (AvgIpc) is 2.48. The molecule has 2 nitrogen and oxygen atoms in total. The summed E-state index contributed by atoms with van der Waals surface area (Å²) in [7, 11) is 1.77. The second-order valence-electron chi connectivity index (χ2n) is 4.83. The van der Waals surface area contributed by atoms with Crippen LogP contribution < -0.4 is 5.32 Å². The zero-order valence-corrected chi connectivity index (χ0v) is 14.1. The summed E-state index contributed by atoms with van der Waals surface area (Å²) in [5.41, 5.74) is 2.70. The summed E-state index contributed by atoms with van der Waals surface area (Å²) in [4.78, 5) is 0. The zero-order valence-electron chi connectivity index (χ0n) is 14.1. The smallest absolute Gasteiger partial charge is 0.103 e. The van der Waals surface area contributed by atoms with Crippen LogP contribution in [0.1, 0.15) is 61.2 Å². The molecule has 0 atom stereocenters. The molecule has 0 unspecified atom stereocenters. The molecule has 0 saturated carbocycles. The van der Waals surface area contributed by atoms with E-state index in [0.29, 0.717) is 0 Å². The van der Waals surface area contributed by atoms with E-state index < -0.39 is 0 Å². The largest absolute Gasteiger partial charge is 0.500 e. The summed E-state index contributed by atoms with van der Waals surface area (Å²) in [5, 5.41) is 3.35. The van der Waals surface area contributed by atoms with Crippen molar-refractivity contribution in [1.29, 1.82) is 0 Å². The van der Waals surface area contributed by atoms with Crippen molar-refractivity contribution in [1.82, 2.24) is 5.32 Å². The van der Waals surface area contributed by atoms with Gasteiger partial charge in [-0.25, -0.2) is 0 Å². The fraction of sp³-hybridized carbons (Fsp3) is 0.667. The number of ether oxygens (including phenoxy) is 1. The molecule has 20 heavy (non-hydrogen) atoms. The molecule has 0 radical (unpaired) electrons. The molecule has 1 aliphatic carbocycles. The summed E-state index contributed by atoms with van der Waals surface area (Å²) < 4.78 is 5.44. The van der Waals surface area contributed by atoms with Crippen LogP contribution in [0.4, 0.5) is 0 Å². The minimum Gasteiger partial charge on any atom is -0.500 e. The Hall–Kier alpha value is -1.02. The van der Waals surface area contributed by atoms with Gasteiger partial charge in [0.05, 0.1) is 7.11 Å². The van der Waals surface area contributed by atoms with Gasteiger partial charge in [-0.3, -0.25) is 0 Å². The van der Waals surface area contributed by atoms with Crippen molar-refractivity contribution in [3.8, 4) is 0 Å². The Labute approximate surface area is 127 Å². The lowest BCUT2D eigenvalue weighted by Gasteiger charge is -2.15. The van der Waals surface area contributed by atoms with Gasteiger partial charge < -0.3 is 10.1 Å². The maximum atomic E-state index is 5.44. The number of hydrogen-bond donors (Lipinski definition) is 1. The van der Waals surface area contributed by atoms with E-state index in [1.807, 2.05) is 13.8 Å². The van der Waals surface area contributed by atoms with E-state index in [0.717, 1.165) is 38.1 Å². The Morgan fingerprint density at radius 3 is 2.70 bits per heavy atom. The van der Waals surface area contributed by atoms with Crippen LogP contribution in [0.3, 0.4) is 0 Å². The van der Waals surface area contributed by atoms with Crippen molar-refractivity contribution in [3.05, 3.63) is 35.1 Å². The molecule has 0 amide bonds. The lowest BCUT2D eigenvalue weighted by molar-refractivity contribution is 0.273. The standard InChI is InChI=1S/C16H27NO.C2H6.H2/c1-4-17-12-8-6-5-7-9-15-13-14(2)10-11-16(15)18-3;1-2;/h7,9,13,17H,4-6,8,10-12H2,1-3H3;1-2H3;1H/b9-7+;;. The van der Waals surface area contributed by atoms with Crippen molar-refractivity contribution in [2.45, 2.75) is 59.8 Å². The highest BCUT2D eigenvalue weighted by Crippen LogP contribution is 2.25. The molecule has 0 aromatic rings. The topological polar surface area (TPSA) is 21.3 Å². The fourth-order valence-electron chi connectivity index (χ4n) is 2.13. The van der Waals surface area contributed by atoms with Crippen molar-refractivity contribution >= 4 is 0 Å². The number of allylic oxidation sites excluding steroid dienone is 6. The van der Waals surface area contributed by atoms with Crippen LogP contribution >= 0.6 is 0 Å². The maximum Gasteiger partial charge on any atom is 0.103 e. The summed E-state index contributed by atoms with van der Waals surface area (Å²) in [6.45, 7) is 10.5. The molecule has 1 aliphatic rings. The molecule has 0 spiro atoms. The Morgan fingerprint density at radius 1 is 1.30 bits per heavy atom. The number of unbranched alkanes of at least 4 members (excludes halogenated alkanes) is 2. The summed E-state index contributed by atoms with van der Waals surface area (Å²) in [5.74, 6) is 1.13. The molecule has 1 N–H and O–H groups in total. The second-order valence-corrected chi connectivity index (χ2v) is 4.83. The number of hydrogen-bond acceptors (Lipinski definition) is 2. The Balaban J connectivity index is 0. The Kier molecular flexibility index (Phi) is 12.3. The van der Waals surface area contributed by atoms with E-state index in [9.17, 15) is 0 Å². The molecule has 2 heteroatoms. The van der Waals surface area contributed by atoms with Crippen molar-refractivity contribution in [2.75, 3.05) is 20.2 Å². The molecule has 0 bridgehead atoms. The van der Waals surface area contributed by atoms with Crippen LogP contribution in [0, 0.1) is 0 Å². The van der Waals surface area contributed by atoms with Gasteiger partial charge in [-0.05, 0) is 45.7 Å². The predicted molar refractivity (Wildman–Crippen MR) is 92.0 cm³/mol. The van der Waals surface area contributed by atoms with Gasteiger partial charge in [-0.2, -0.15) is 0 Å². The molecular formula is C18H35NO. The first-order valence-electron chi connectivity index (χ1n) is 8.09. The van der Waals surface area contributed by atoms with Crippen LogP contribution in [0.25, 0.3) is 0 Å². The van der Waals surface area contributed by atoms with Gasteiger partial charge >= 0.3 is 0 Å². The molecule has 0 saturated heterocycles. The van der Waals surface area contributed by atoms with Gasteiger partial charge in [-0.15, -0.1) is 0 Å². The molecule has 1 rings (SSSR count). The average molecular weight is 281 g/mol. The van der Waals surface area contributed by atoms with Crippen LogP contribution in [-0.2, 0) is 4.74 Å². The first-order chi connectivity index (χ1) is 9.77. The van der Waals surface area contributed by atoms with Crippen LogP contribution in [0.2, 0.25) is 0 Å². The number of methoxy groups -OCH3 is 1. The van der Waals surface area contributed by atoms with E-state index in [2.05, 4.69) is 37.4 Å².